The first kappa shape index (κ1) is 20.8. The zero-order valence-corrected chi connectivity index (χ0v) is 16.5. The maximum atomic E-state index is 13.0. The lowest BCUT2D eigenvalue weighted by Crippen LogP contribution is -2.37. The van der Waals surface area contributed by atoms with E-state index in [-0.39, 0.29) is 23.3 Å². The van der Waals surface area contributed by atoms with Crippen LogP contribution in [0.15, 0.2) is 53.4 Å². The lowest BCUT2D eigenvalue weighted by Gasteiger charge is -2.13. The maximum absolute atomic E-state index is 13.0. The minimum absolute atomic E-state index is 0.0496. The van der Waals surface area contributed by atoms with Crippen molar-refractivity contribution in [2.45, 2.75) is 43.2 Å². The van der Waals surface area contributed by atoms with Gasteiger partial charge in [-0.15, -0.1) is 0 Å². The molecule has 0 unspecified atom stereocenters. The number of anilines is 1. The molecule has 0 radical (unpaired) electrons. The van der Waals surface area contributed by atoms with Crippen LogP contribution in [-0.4, -0.2) is 32.4 Å². The molecule has 1 aliphatic rings. The van der Waals surface area contributed by atoms with Crippen LogP contribution in [-0.2, 0) is 30.8 Å². The van der Waals surface area contributed by atoms with E-state index in [1.54, 1.807) is 12.1 Å². The summed E-state index contributed by atoms with van der Waals surface area (Å²) in [5.74, 6) is -1.39. The molecule has 9 heteroatoms. The number of esters is 1. The summed E-state index contributed by atoms with van der Waals surface area (Å²) in [6.45, 7) is 1.52. The Morgan fingerprint density at radius 3 is 2.31 bits per heavy atom. The van der Waals surface area contributed by atoms with E-state index in [1.807, 2.05) is 0 Å². The number of ether oxygens (including phenoxy) is 1. The molecule has 1 amide bonds. The van der Waals surface area contributed by atoms with Crippen molar-refractivity contribution in [2.75, 3.05) is 4.72 Å². The Morgan fingerprint density at radius 2 is 1.72 bits per heavy atom. The molecular weight excluding hydrogens is 399 g/mol. The minimum Gasteiger partial charge on any atom is -0.452 e. The summed E-state index contributed by atoms with van der Waals surface area (Å²) in [6.07, 6.45) is 0.976. The van der Waals surface area contributed by atoms with Crippen LogP contribution in [0.5, 0.6) is 0 Å². The summed E-state index contributed by atoms with van der Waals surface area (Å²) in [6, 6.07) is 10.8. The molecule has 0 heterocycles. The molecule has 1 atom stereocenters. The molecule has 2 N–H and O–H groups in total. The number of rotatable bonds is 8. The first-order valence-corrected chi connectivity index (χ1v) is 10.6. The first-order valence-electron chi connectivity index (χ1n) is 9.10. The lowest BCUT2D eigenvalue weighted by atomic mass is 10.1. The fourth-order valence-electron chi connectivity index (χ4n) is 2.52. The van der Waals surface area contributed by atoms with Gasteiger partial charge in [-0.05, 0) is 61.7 Å². The number of sulfonamides is 1. The van der Waals surface area contributed by atoms with E-state index < -0.39 is 27.9 Å². The third kappa shape index (κ3) is 6.02. The van der Waals surface area contributed by atoms with Crippen LogP contribution < -0.4 is 10.0 Å². The number of amides is 1. The van der Waals surface area contributed by atoms with Gasteiger partial charge in [0.15, 0.2) is 6.10 Å². The Labute approximate surface area is 168 Å². The number of halogens is 1. The zero-order valence-electron chi connectivity index (χ0n) is 15.7. The maximum Gasteiger partial charge on any atom is 0.311 e. The van der Waals surface area contributed by atoms with Crippen LogP contribution >= 0.6 is 0 Å². The molecule has 2 aromatic carbocycles. The molecule has 1 fully saturated rings. The Balaban J connectivity index is 1.54. The molecular formula is C20H21FN2O5S. The van der Waals surface area contributed by atoms with E-state index in [9.17, 15) is 22.4 Å². The van der Waals surface area contributed by atoms with E-state index in [1.165, 1.54) is 31.2 Å². The summed E-state index contributed by atoms with van der Waals surface area (Å²) in [5, 5.41) is 2.77. The molecule has 154 valence electrons. The monoisotopic (exact) mass is 420 g/mol. The number of hydrogen-bond acceptors (Lipinski definition) is 5. The second-order valence-corrected chi connectivity index (χ2v) is 8.53. The highest BCUT2D eigenvalue weighted by Gasteiger charge is 2.27. The average molecular weight is 420 g/mol. The molecule has 3 rings (SSSR count). The fourth-order valence-corrected chi connectivity index (χ4v) is 3.58. The van der Waals surface area contributed by atoms with Gasteiger partial charge in [-0.3, -0.25) is 14.3 Å². The first-order chi connectivity index (χ1) is 13.7. The van der Waals surface area contributed by atoms with Crippen molar-refractivity contribution in [3.05, 3.63) is 59.9 Å². The van der Waals surface area contributed by atoms with Crippen molar-refractivity contribution in [3.8, 4) is 0 Å². The van der Waals surface area contributed by atoms with Gasteiger partial charge in [-0.1, -0.05) is 12.1 Å². The van der Waals surface area contributed by atoms with Gasteiger partial charge in [0.05, 0.1) is 11.3 Å². The smallest absolute Gasteiger partial charge is 0.311 e. The molecule has 0 aliphatic heterocycles. The van der Waals surface area contributed by atoms with Crippen LogP contribution in [0.4, 0.5) is 10.1 Å². The van der Waals surface area contributed by atoms with Gasteiger partial charge in [0, 0.05) is 11.7 Å². The molecule has 1 aliphatic carbocycles. The van der Waals surface area contributed by atoms with Crippen molar-refractivity contribution in [2.24, 2.45) is 0 Å². The third-order valence-electron chi connectivity index (χ3n) is 4.28. The highest BCUT2D eigenvalue weighted by molar-refractivity contribution is 7.92. The summed E-state index contributed by atoms with van der Waals surface area (Å²) in [5.41, 5.74) is 0.901. The Hall–Kier alpha value is -2.94. The molecule has 1 saturated carbocycles. The van der Waals surface area contributed by atoms with Crippen molar-refractivity contribution in [1.29, 1.82) is 0 Å². The number of carbonyl (C=O) groups excluding carboxylic acids is 2. The summed E-state index contributed by atoms with van der Waals surface area (Å²) >= 11 is 0. The summed E-state index contributed by atoms with van der Waals surface area (Å²) < 4.78 is 45.1. The summed E-state index contributed by atoms with van der Waals surface area (Å²) in [7, 11) is -3.85. The average Bonchev–Trinajstić information content (AvgIpc) is 3.47. The second kappa shape index (κ2) is 8.60. The number of nitrogens with one attached hydrogen (secondary N) is 2. The van der Waals surface area contributed by atoms with Crippen LogP contribution in [0.1, 0.15) is 25.3 Å². The normalized spacial score (nSPS) is 14.7. The topological polar surface area (TPSA) is 102 Å². The van der Waals surface area contributed by atoms with Gasteiger partial charge in [-0.25, -0.2) is 12.8 Å². The van der Waals surface area contributed by atoms with E-state index in [0.29, 0.717) is 11.3 Å². The zero-order chi connectivity index (χ0) is 21.0. The van der Waals surface area contributed by atoms with Crippen molar-refractivity contribution >= 4 is 27.6 Å². The van der Waals surface area contributed by atoms with Gasteiger partial charge in [0.25, 0.3) is 15.9 Å². The molecule has 29 heavy (non-hydrogen) atoms. The van der Waals surface area contributed by atoms with E-state index in [4.69, 9.17) is 4.74 Å². The third-order valence-corrected chi connectivity index (χ3v) is 5.68. The van der Waals surface area contributed by atoms with Gasteiger partial charge >= 0.3 is 5.97 Å². The molecule has 7 nitrogen and oxygen atoms in total. The van der Waals surface area contributed by atoms with Crippen LogP contribution in [0.2, 0.25) is 0 Å². The van der Waals surface area contributed by atoms with E-state index in [2.05, 4.69) is 10.0 Å². The Bertz CT molecular complexity index is 987. The minimum atomic E-state index is -3.85. The largest absolute Gasteiger partial charge is 0.452 e. The van der Waals surface area contributed by atoms with Crippen molar-refractivity contribution < 1.29 is 27.1 Å². The van der Waals surface area contributed by atoms with Gasteiger partial charge < -0.3 is 10.1 Å². The quantitative estimate of drug-likeness (QED) is 0.639. The molecule has 2 aromatic rings. The number of carbonyl (C=O) groups is 2. The SMILES string of the molecule is C[C@H](OC(=O)Cc1ccc(NS(=O)(=O)c2ccc(F)cc2)cc1)C(=O)NC1CC1. The second-order valence-electron chi connectivity index (χ2n) is 6.85. The van der Waals surface area contributed by atoms with E-state index in [0.717, 1.165) is 25.0 Å². The number of hydrogen-bond donors (Lipinski definition) is 2. The highest BCUT2D eigenvalue weighted by atomic mass is 32.2. The van der Waals surface area contributed by atoms with Crippen molar-refractivity contribution in [1.82, 2.24) is 5.32 Å². The Kier molecular flexibility index (Phi) is 6.17. The Morgan fingerprint density at radius 1 is 1.10 bits per heavy atom. The molecule has 0 saturated heterocycles. The fraction of sp³-hybridized carbons (Fsp3) is 0.300. The molecule has 0 bridgehead atoms. The standard InChI is InChI=1S/C20H21FN2O5S/c1-13(20(25)22-16-8-9-16)28-19(24)12-14-2-6-17(7-3-14)23-29(26,27)18-10-4-15(21)5-11-18/h2-7,10-11,13,16,23H,8-9,12H2,1H3,(H,22,25)/t13-/m0/s1. The lowest BCUT2D eigenvalue weighted by molar-refractivity contribution is -0.154. The number of benzene rings is 2. The predicted octanol–water partition coefficient (Wildman–Crippen LogP) is 2.38. The van der Waals surface area contributed by atoms with Crippen LogP contribution in [0.3, 0.4) is 0 Å². The predicted molar refractivity (Wildman–Crippen MR) is 104 cm³/mol. The van der Waals surface area contributed by atoms with E-state index >= 15 is 0 Å². The van der Waals surface area contributed by atoms with Crippen LogP contribution in [0, 0.1) is 5.82 Å². The molecule has 0 spiro atoms. The van der Waals surface area contributed by atoms with Gasteiger partial charge in [0.1, 0.15) is 5.82 Å². The summed E-state index contributed by atoms with van der Waals surface area (Å²) in [4.78, 5) is 23.8. The van der Waals surface area contributed by atoms with Crippen molar-refractivity contribution in [3.63, 3.8) is 0 Å². The molecule has 0 aromatic heterocycles. The highest BCUT2D eigenvalue weighted by Crippen LogP contribution is 2.19. The van der Waals surface area contributed by atoms with Crippen LogP contribution in [0.25, 0.3) is 0 Å². The van der Waals surface area contributed by atoms with Gasteiger partial charge in [0.2, 0.25) is 0 Å². The van der Waals surface area contributed by atoms with Gasteiger partial charge in [-0.2, -0.15) is 0 Å².